The van der Waals surface area contributed by atoms with Crippen molar-refractivity contribution in [3.63, 3.8) is 0 Å². The second-order valence-electron chi connectivity index (χ2n) is 8.31. The summed E-state index contributed by atoms with van der Waals surface area (Å²) in [5.41, 5.74) is 2.41. The third-order valence-corrected chi connectivity index (χ3v) is 6.71. The third-order valence-electron chi connectivity index (χ3n) is 5.77. The van der Waals surface area contributed by atoms with Crippen molar-refractivity contribution < 1.29 is 13.9 Å². The Balaban J connectivity index is 1.19. The van der Waals surface area contributed by atoms with Gasteiger partial charge in [0.1, 0.15) is 5.82 Å². The number of hydrogen-bond donors (Lipinski definition) is 1. The van der Waals surface area contributed by atoms with E-state index in [2.05, 4.69) is 20.4 Å². The molecule has 2 heterocycles. The monoisotopic (exact) mass is 467 g/mol. The summed E-state index contributed by atoms with van der Waals surface area (Å²) in [6.07, 6.45) is 2.02. The lowest BCUT2D eigenvalue weighted by Gasteiger charge is -2.26. The second kappa shape index (κ2) is 10.0. The van der Waals surface area contributed by atoms with Gasteiger partial charge in [-0.15, -0.1) is 10.2 Å². The fraction of sp³-hybridized carbons (Fsp3) is 0.375. The molecule has 0 unspecified atom stereocenters. The number of hydrogen-bond acceptors (Lipinski definition) is 6. The number of morpholine rings is 1. The zero-order valence-electron chi connectivity index (χ0n) is 18.2. The van der Waals surface area contributed by atoms with Crippen LogP contribution in [0.15, 0.2) is 53.7 Å². The van der Waals surface area contributed by atoms with E-state index < -0.39 is 0 Å². The Labute approximate surface area is 196 Å². The summed E-state index contributed by atoms with van der Waals surface area (Å²) in [5, 5.41) is 12.1. The van der Waals surface area contributed by atoms with E-state index in [0.29, 0.717) is 16.5 Å². The number of benzene rings is 2. The maximum absolute atomic E-state index is 14.3. The summed E-state index contributed by atoms with van der Waals surface area (Å²) in [7, 11) is 0. The lowest BCUT2D eigenvalue weighted by atomic mass is 10.2. The van der Waals surface area contributed by atoms with E-state index in [1.54, 1.807) is 18.2 Å². The first-order valence-corrected chi connectivity index (χ1v) is 12.2. The van der Waals surface area contributed by atoms with Crippen LogP contribution in [0.4, 0.5) is 10.1 Å². The summed E-state index contributed by atoms with van der Waals surface area (Å²) in [5.74, 6) is 0.295. The van der Waals surface area contributed by atoms with Crippen LogP contribution in [0.25, 0.3) is 11.4 Å². The molecule has 9 heteroatoms. The van der Waals surface area contributed by atoms with Crippen molar-refractivity contribution in [1.29, 1.82) is 0 Å². The quantitative estimate of drug-likeness (QED) is 0.505. The van der Waals surface area contributed by atoms with Crippen LogP contribution in [0.5, 0.6) is 0 Å². The Hall–Kier alpha value is -2.75. The number of nitrogens with one attached hydrogen (secondary N) is 1. The highest BCUT2D eigenvalue weighted by atomic mass is 32.2. The van der Waals surface area contributed by atoms with Gasteiger partial charge < -0.3 is 10.1 Å². The lowest BCUT2D eigenvalue weighted by Crippen LogP contribution is -2.35. The molecule has 1 amide bonds. The average molecular weight is 468 g/mol. The fourth-order valence-electron chi connectivity index (χ4n) is 3.90. The number of carbonyl (C=O) groups is 1. The molecule has 1 aliphatic heterocycles. The van der Waals surface area contributed by atoms with Gasteiger partial charge in [-0.25, -0.2) is 4.39 Å². The van der Waals surface area contributed by atoms with Crippen molar-refractivity contribution in [1.82, 2.24) is 19.7 Å². The van der Waals surface area contributed by atoms with Gasteiger partial charge in [0, 0.05) is 31.4 Å². The van der Waals surface area contributed by atoms with Crippen LogP contribution in [-0.2, 0) is 16.1 Å². The minimum absolute atomic E-state index is 0.112. The van der Waals surface area contributed by atoms with E-state index >= 15 is 0 Å². The van der Waals surface area contributed by atoms with Gasteiger partial charge in [0.2, 0.25) is 5.91 Å². The molecule has 0 bridgehead atoms. The summed E-state index contributed by atoms with van der Waals surface area (Å²) < 4.78 is 21.7. The van der Waals surface area contributed by atoms with Crippen LogP contribution in [0.3, 0.4) is 0 Å². The maximum atomic E-state index is 14.3. The molecule has 5 rings (SSSR count). The Morgan fingerprint density at radius 1 is 1.09 bits per heavy atom. The predicted molar refractivity (Wildman–Crippen MR) is 126 cm³/mol. The number of nitrogens with zero attached hydrogens (tertiary/aromatic N) is 4. The Morgan fingerprint density at radius 3 is 2.58 bits per heavy atom. The van der Waals surface area contributed by atoms with Crippen LogP contribution >= 0.6 is 11.8 Å². The number of amides is 1. The fourth-order valence-corrected chi connectivity index (χ4v) is 4.71. The number of ether oxygens (including phenoxy) is 1. The van der Waals surface area contributed by atoms with Crippen LogP contribution in [-0.4, -0.2) is 57.6 Å². The topological polar surface area (TPSA) is 72.3 Å². The number of anilines is 1. The molecule has 1 aliphatic carbocycles. The Kier molecular flexibility index (Phi) is 6.70. The van der Waals surface area contributed by atoms with Gasteiger partial charge >= 0.3 is 0 Å². The molecule has 33 heavy (non-hydrogen) atoms. The number of rotatable bonds is 8. The normalized spacial score (nSPS) is 16.6. The molecule has 0 radical (unpaired) electrons. The zero-order valence-corrected chi connectivity index (χ0v) is 19.1. The third kappa shape index (κ3) is 5.43. The number of thioether (sulfide) groups is 1. The Bertz CT molecular complexity index is 1110. The van der Waals surface area contributed by atoms with E-state index in [0.717, 1.165) is 51.4 Å². The molecule has 0 spiro atoms. The first-order valence-electron chi connectivity index (χ1n) is 11.2. The maximum Gasteiger partial charge on any atom is 0.234 e. The van der Waals surface area contributed by atoms with E-state index in [-0.39, 0.29) is 23.5 Å². The minimum atomic E-state index is -0.321. The highest BCUT2D eigenvalue weighted by Crippen LogP contribution is 2.41. The molecule has 2 fully saturated rings. The van der Waals surface area contributed by atoms with Crippen molar-refractivity contribution in [2.24, 2.45) is 0 Å². The smallest absolute Gasteiger partial charge is 0.234 e. The van der Waals surface area contributed by atoms with Crippen LogP contribution in [0, 0.1) is 5.82 Å². The SMILES string of the molecule is O=C(CSc1nnc(-c2ccccc2F)n1C1CC1)Nc1ccc(CN2CCOCC2)cc1. The van der Waals surface area contributed by atoms with Gasteiger partial charge in [0.05, 0.1) is 24.5 Å². The van der Waals surface area contributed by atoms with Gasteiger partial charge in [-0.2, -0.15) is 0 Å². The summed E-state index contributed by atoms with van der Waals surface area (Å²) in [6, 6.07) is 14.8. The Morgan fingerprint density at radius 2 is 1.85 bits per heavy atom. The van der Waals surface area contributed by atoms with Crippen molar-refractivity contribution >= 4 is 23.4 Å². The molecular formula is C24H26FN5O2S. The van der Waals surface area contributed by atoms with E-state index in [9.17, 15) is 9.18 Å². The molecule has 2 aliphatic rings. The highest BCUT2D eigenvalue weighted by Gasteiger charge is 2.31. The van der Waals surface area contributed by atoms with Crippen molar-refractivity contribution in [2.75, 3.05) is 37.4 Å². The molecular weight excluding hydrogens is 441 g/mol. The molecule has 1 saturated carbocycles. The largest absolute Gasteiger partial charge is 0.379 e. The van der Waals surface area contributed by atoms with Crippen LogP contribution in [0.1, 0.15) is 24.4 Å². The molecule has 1 aromatic heterocycles. The molecule has 1 saturated heterocycles. The first kappa shape index (κ1) is 22.1. The van der Waals surface area contributed by atoms with Crippen LogP contribution < -0.4 is 5.32 Å². The lowest BCUT2D eigenvalue weighted by molar-refractivity contribution is -0.113. The average Bonchev–Trinajstić information content (AvgIpc) is 3.59. The van der Waals surface area contributed by atoms with Crippen molar-refractivity contribution in [2.45, 2.75) is 30.6 Å². The second-order valence-corrected chi connectivity index (χ2v) is 9.25. The summed E-state index contributed by atoms with van der Waals surface area (Å²) >= 11 is 1.33. The van der Waals surface area contributed by atoms with Gasteiger partial charge in [0.15, 0.2) is 11.0 Å². The first-order chi connectivity index (χ1) is 16.2. The number of carbonyl (C=O) groups excluding carboxylic acids is 1. The van der Waals surface area contributed by atoms with E-state index in [1.807, 2.05) is 28.8 Å². The number of aromatic nitrogens is 3. The molecule has 0 atom stereocenters. The van der Waals surface area contributed by atoms with Gasteiger partial charge in [-0.1, -0.05) is 36.0 Å². The predicted octanol–water partition coefficient (Wildman–Crippen LogP) is 3.98. The van der Waals surface area contributed by atoms with Gasteiger partial charge in [0.25, 0.3) is 0 Å². The summed E-state index contributed by atoms with van der Waals surface area (Å²) in [4.78, 5) is 14.9. The van der Waals surface area contributed by atoms with Crippen molar-refractivity contribution in [3.8, 4) is 11.4 Å². The molecule has 172 valence electrons. The highest BCUT2D eigenvalue weighted by molar-refractivity contribution is 7.99. The molecule has 3 aromatic rings. The zero-order chi connectivity index (χ0) is 22.6. The van der Waals surface area contributed by atoms with E-state index in [1.165, 1.54) is 23.4 Å². The van der Waals surface area contributed by atoms with E-state index in [4.69, 9.17) is 4.74 Å². The van der Waals surface area contributed by atoms with Crippen LogP contribution in [0.2, 0.25) is 0 Å². The summed E-state index contributed by atoms with van der Waals surface area (Å²) in [6.45, 7) is 4.33. The van der Waals surface area contributed by atoms with Crippen molar-refractivity contribution in [3.05, 3.63) is 59.9 Å². The molecule has 1 N–H and O–H groups in total. The molecule has 2 aromatic carbocycles. The standard InChI is InChI=1S/C24H26FN5O2S/c25-21-4-2-1-3-20(21)23-27-28-24(30(23)19-9-10-19)33-16-22(31)26-18-7-5-17(6-8-18)15-29-11-13-32-14-12-29/h1-8,19H,9-16H2,(H,26,31). The number of halogens is 1. The molecule has 7 nitrogen and oxygen atoms in total. The van der Waals surface area contributed by atoms with Gasteiger partial charge in [-0.05, 0) is 42.7 Å². The minimum Gasteiger partial charge on any atom is -0.379 e. The van der Waals surface area contributed by atoms with Gasteiger partial charge in [-0.3, -0.25) is 14.3 Å².